The molecule has 3 aromatic rings. The van der Waals surface area contributed by atoms with Gasteiger partial charge in [0.25, 0.3) is 0 Å². The van der Waals surface area contributed by atoms with Crippen LogP contribution in [0.1, 0.15) is 44.4 Å². The minimum atomic E-state index is -3.75. The van der Waals surface area contributed by atoms with E-state index in [4.69, 9.17) is 0 Å². The summed E-state index contributed by atoms with van der Waals surface area (Å²) in [6, 6.07) is 8.99. The van der Waals surface area contributed by atoms with Crippen molar-refractivity contribution in [3.8, 4) is 11.5 Å². The number of carbonyl (C=O) groups excluding carboxylic acids is 1. The smallest absolute Gasteiger partial charge is 0.396 e. The van der Waals surface area contributed by atoms with E-state index < -0.39 is 28.8 Å². The Morgan fingerprint density at radius 1 is 1.08 bits per heavy atom. The molecule has 1 aliphatic heterocycles. The minimum Gasteiger partial charge on any atom is -0.396 e. The van der Waals surface area contributed by atoms with E-state index in [2.05, 4.69) is 14.8 Å². The summed E-state index contributed by atoms with van der Waals surface area (Å²) in [5.41, 5.74) is 0.478. The number of carbonyl (C=O) groups is 1. The lowest BCUT2D eigenvalue weighted by Gasteiger charge is -2.26. The molecule has 2 aromatic carbocycles. The number of amides is 1. The number of alkyl halides is 2. The molecule has 1 aromatic heterocycles. The number of nitrogens with one attached hydrogen (secondary N) is 1. The van der Waals surface area contributed by atoms with Gasteiger partial charge in [-0.25, -0.2) is 4.39 Å². The third-order valence-corrected chi connectivity index (χ3v) is 7.13. The van der Waals surface area contributed by atoms with Crippen molar-refractivity contribution in [3.05, 3.63) is 53.5 Å². The second-order valence-corrected chi connectivity index (χ2v) is 10.0. The van der Waals surface area contributed by atoms with Crippen LogP contribution in [-0.2, 0) is 22.2 Å². The third-order valence-electron chi connectivity index (χ3n) is 7.13. The fourth-order valence-electron chi connectivity index (χ4n) is 4.95. The zero-order chi connectivity index (χ0) is 25.9. The molecule has 0 bridgehead atoms. The fourth-order valence-corrected chi connectivity index (χ4v) is 4.95. The Labute approximate surface area is 205 Å². The highest BCUT2D eigenvalue weighted by atomic mass is 19.3. The molecule has 36 heavy (non-hydrogen) atoms. The van der Waals surface area contributed by atoms with E-state index in [9.17, 15) is 23.8 Å². The van der Waals surface area contributed by atoms with Crippen LogP contribution in [0, 0.1) is 5.82 Å². The second-order valence-electron chi connectivity index (χ2n) is 10.0. The molecule has 0 spiro atoms. The summed E-state index contributed by atoms with van der Waals surface area (Å²) >= 11 is 0. The van der Waals surface area contributed by atoms with Gasteiger partial charge in [0.15, 0.2) is 11.5 Å². The van der Waals surface area contributed by atoms with Gasteiger partial charge in [0.05, 0.1) is 23.2 Å². The predicted molar refractivity (Wildman–Crippen MR) is 126 cm³/mol. The maximum absolute atomic E-state index is 15.2. The molecule has 2 aliphatic rings. The quantitative estimate of drug-likeness (QED) is 0.422. The Hall–Kier alpha value is -3.24. The zero-order valence-electron chi connectivity index (χ0n) is 19.9. The van der Waals surface area contributed by atoms with E-state index >= 15 is 4.39 Å². The Morgan fingerprint density at radius 3 is 2.47 bits per heavy atom. The average Bonchev–Trinajstić information content (AvgIpc) is 3.45. The highest BCUT2D eigenvalue weighted by Gasteiger charge is 2.53. The summed E-state index contributed by atoms with van der Waals surface area (Å²) in [6.45, 7) is 4.01. The van der Waals surface area contributed by atoms with Crippen molar-refractivity contribution < 1.29 is 37.7 Å². The number of aliphatic hydroxyl groups excluding tert-OH is 2. The van der Waals surface area contributed by atoms with Crippen molar-refractivity contribution in [2.75, 3.05) is 18.5 Å². The third kappa shape index (κ3) is 4.08. The minimum absolute atomic E-state index is 0.00119. The molecule has 1 amide bonds. The largest absolute Gasteiger partial charge is 0.586 e. The van der Waals surface area contributed by atoms with E-state index in [1.54, 1.807) is 12.1 Å². The molecule has 0 radical (unpaired) electrons. The van der Waals surface area contributed by atoms with E-state index in [-0.39, 0.29) is 36.9 Å². The summed E-state index contributed by atoms with van der Waals surface area (Å²) in [4.78, 5) is 13.3. The summed E-state index contributed by atoms with van der Waals surface area (Å²) in [7, 11) is 0. The van der Waals surface area contributed by atoms with Gasteiger partial charge in [-0.15, -0.1) is 8.78 Å². The molecule has 2 heterocycles. The Morgan fingerprint density at radius 2 is 1.81 bits per heavy atom. The summed E-state index contributed by atoms with van der Waals surface area (Å²) < 4.78 is 52.7. The lowest BCUT2D eigenvalue weighted by atomic mass is 9.85. The monoisotopic (exact) mass is 504 g/mol. The molecule has 192 valence electrons. The van der Waals surface area contributed by atoms with E-state index in [1.807, 2.05) is 24.5 Å². The average molecular weight is 505 g/mol. The normalized spacial score (nSPS) is 17.4. The van der Waals surface area contributed by atoms with Crippen LogP contribution >= 0.6 is 0 Å². The molecule has 0 unspecified atom stereocenters. The highest BCUT2D eigenvalue weighted by molar-refractivity contribution is 6.02. The molecule has 0 atom stereocenters. The molecule has 1 saturated carbocycles. The maximum Gasteiger partial charge on any atom is 0.586 e. The van der Waals surface area contributed by atoms with E-state index in [1.165, 1.54) is 18.2 Å². The molecule has 0 saturated heterocycles. The maximum atomic E-state index is 15.2. The number of hydrogen-bond donors (Lipinski definition) is 3. The Kier molecular flexibility index (Phi) is 5.72. The number of halogens is 3. The number of fused-ring (bicyclic) bond motifs is 2. The number of aliphatic hydroxyl groups is 2. The van der Waals surface area contributed by atoms with Crippen LogP contribution in [-0.4, -0.2) is 40.2 Å². The van der Waals surface area contributed by atoms with Crippen molar-refractivity contribution in [2.45, 2.75) is 56.8 Å². The number of anilines is 1. The van der Waals surface area contributed by atoms with Gasteiger partial charge >= 0.3 is 6.29 Å². The van der Waals surface area contributed by atoms with Crippen molar-refractivity contribution in [2.24, 2.45) is 0 Å². The molecule has 3 N–H and O–H groups in total. The number of aromatic nitrogens is 1. The first kappa shape index (κ1) is 24.5. The van der Waals surface area contributed by atoms with Crippen LogP contribution in [0.15, 0.2) is 36.4 Å². The molecular formula is C26H27F3N2O5. The van der Waals surface area contributed by atoms with Gasteiger partial charge in [-0.05, 0) is 49.1 Å². The topological polar surface area (TPSA) is 93.0 Å². The van der Waals surface area contributed by atoms with Crippen LogP contribution in [0.5, 0.6) is 11.5 Å². The number of nitrogens with zero attached hydrogens (tertiary/aromatic N) is 1. The van der Waals surface area contributed by atoms with E-state index in [0.29, 0.717) is 35.7 Å². The van der Waals surface area contributed by atoms with Gasteiger partial charge in [0, 0.05) is 35.7 Å². The molecule has 7 nitrogen and oxygen atoms in total. The van der Waals surface area contributed by atoms with Crippen LogP contribution < -0.4 is 14.8 Å². The molecule has 1 aliphatic carbocycles. The first-order chi connectivity index (χ1) is 17.0. The van der Waals surface area contributed by atoms with Crippen molar-refractivity contribution in [1.82, 2.24) is 4.57 Å². The number of rotatable bonds is 8. The van der Waals surface area contributed by atoms with E-state index in [0.717, 1.165) is 5.69 Å². The van der Waals surface area contributed by atoms with Gasteiger partial charge in [-0.3, -0.25) is 4.79 Å². The summed E-state index contributed by atoms with van der Waals surface area (Å²) in [5.74, 6) is -1.33. The van der Waals surface area contributed by atoms with Crippen LogP contribution in [0.4, 0.5) is 18.9 Å². The Balaban J connectivity index is 1.45. The lowest BCUT2D eigenvalue weighted by Crippen LogP contribution is -2.28. The zero-order valence-corrected chi connectivity index (χ0v) is 19.9. The summed E-state index contributed by atoms with van der Waals surface area (Å²) in [5, 5.41) is 22.4. The number of ether oxygens (including phenoxy) is 2. The molecule has 10 heteroatoms. The van der Waals surface area contributed by atoms with Crippen molar-refractivity contribution in [3.63, 3.8) is 0 Å². The highest BCUT2D eigenvalue weighted by Crippen LogP contribution is 2.52. The number of benzene rings is 2. The van der Waals surface area contributed by atoms with Crippen LogP contribution in [0.2, 0.25) is 0 Å². The SMILES string of the molecule is CC(C)(CCO)c1cc2cc(NC(=O)C3(c4ccc5c(c4)OC(F)(F)O5)CC3)c(F)cc2n1CCO. The van der Waals surface area contributed by atoms with Crippen LogP contribution in [0.25, 0.3) is 10.9 Å². The first-order valence-electron chi connectivity index (χ1n) is 11.8. The number of hydrogen-bond acceptors (Lipinski definition) is 5. The lowest BCUT2D eigenvalue weighted by molar-refractivity contribution is -0.286. The molecular weight excluding hydrogens is 477 g/mol. The van der Waals surface area contributed by atoms with Crippen LogP contribution in [0.3, 0.4) is 0 Å². The van der Waals surface area contributed by atoms with Gasteiger partial charge in [-0.2, -0.15) is 0 Å². The molecule has 5 rings (SSSR count). The second kappa shape index (κ2) is 8.41. The van der Waals surface area contributed by atoms with Gasteiger partial charge < -0.3 is 29.6 Å². The Bertz CT molecular complexity index is 1350. The molecule has 1 fully saturated rings. The fraction of sp³-hybridized carbons (Fsp3) is 0.423. The predicted octanol–water partition coefficient (Wildman–Crippen LogP) is 4.42. The summed E-state index contributed by atoms with van der Waals surface area (Å²) in [6.07, 6.45) is -2.32. The van der Waals surface area contributed by atoms with Crippen molar-refractivity contribution in [1.29, 1.82) is 0 Å². The van der Waals surface area contributed by atoms with Gasteiger partial charge in [-0.1, -0.05) is 19.9 Å². The van der Waals surface area contributed by atoms with Gasteiger partial charge in [0.2, 0.25) is 5.91 Å². The van der Waals surface area contributed by atoms with Crippen molar-refractivity contribution >= 4 is 22.5 Å². The van der Waals surface area contributed by atoms with Gasteiger partial charge in [0.1, 0.15) is 5.82 Å². The standard InChI is InChI=1S/C26H27F3N2O5/c1-24(2,7-9-32)22-12-15-11-18(17(27)14-19(15)31(22)8-10-33)30-23(34)25(5-6-25)16-3-4-20-21(13-16)36-26(28,29)35-20/h3-4,11-14,32-33H,5-10H2,1-2H3,(H,30,34). The first-order valence-corrected chi connectivity index (χ1v) is 11.8.